The molecule has 0 saturated carbocycles. The summed E-state index contributed by atoms with van der Waals surface area (Å²) >= 11 is 4.24. The maximum atomic E-state index is 11.7. The van der Waals surface area contributed by atoms with Gasteiger partial charge in [-0.1, -0.05) is 44.2 Å². The number of halogens is 2. The summed E-state index contributed by atoms with van der Waals surface area (Å²) < 4.78 is 4.87. The van der Waals surface area contributed by atoms with Crippen LogP contribution >= 0.6 is 37.2 Å². The molecule has 2 unspecified atom stereocenters. The number of carbonyl (C=O) groups excluding carboxylic acids is 1. The fourth-order valence-corrected chi connectivity index (χ4v) is 2.56. The van der Waals surface area contributed by atoms with Crippen molar-refractivity contribution in [1.82, 2.24) is 4.90 Å². The molecule has 3 nitrogen and oxygen atoms in total. The Bertz CT molecular complexity index is 387. The predicted octanol–water partition coefficient (Wildman–Crippen LogP) is 5.18. The molecule has 1 aromatic rings. The number of hydrogen-bond donors (Lipinski definition) is 0. The lowest BCUT2D eigenvalue weighted by atomic mass is 10.1. The van der Waals surface area contributed by atoms with Gasteiger partial charge >= 0.3 is 5.97 Å². The number of hydrogen-bond acceptors (Lipinski definition) is 3. The second kappa shape index (κ2) is 12.6. The van der Waals surface area contributed by atoms with Crippen molar-refractivity contribution < 1.29 is 9.53 Å². The van der Waals surface area contributed by atoms with Crippen LogP contribution in [-0.2, 0) is 9.53 Å². The van der Waals surface area contributed by atoms with Crippen LogP contribution in [0.5, 0.6) is 0 Å². The number of carbonyl (C=O) groups is 1. The minimum absolute atomic E-state index is 0.0739. The molecule has 0 amide bonds. The van der Waals surface area contributed by atoms with Crippen LogP contribution in [0.1, 0.15) is 45.2 Å². The van der Waals surface area contributed by atoms with Gasteiger partial charge in [-0.25, -0.2) is 0 Å². The fraction of sp³-hybridized carbons (Fsp3) is 0.562. The van der Waals surface area contributed by atoms with Crippen molar-refractivity contribution in [2.75, 3.05) is 13.7 Å². The van der Waals surface area contributed by atoms with E-state index in [-0.39, 0.29) is 18.1 Å². The van der Waals surface area contributed by atoms with Gasteiger partial charge in [-0.15, -0.1) is 0 Å². The van der Waals surface area contributed by atoms with E-state index in [1.807, 2.05) is 32.0 Å². The summed E-state index contributed by atoms with van der Waals surface area (Å²) in [6.07, 6.45) is 1.97. The van der Waals surface area contributed by atoms with Crippen LogP contribution in [-0.4, -0.2) is 30.6 Å². The van der Waals surface area contributed by atoms with Gasteiger partial charge in [-0.2, -0.15) is 0 Å². The molecule has 0 radical (unpaired) electrons. The number of nitrogens with zero attached hydrogens (tertiary/aromatic N) is 1. The molecule has 1 aromatic carbocycles. The smallest absolute Gasteiger partial charge is 0.323 e. The molecule has 0 N–H and O–H groups in total. The Balaban J connectivity index is 0.000000921. The molecule has 1 aliphatic rings. The van der Waals surface area contributed by atoms with Gasteiger partial charge in [0, 0.05) is 43.3 Å². The first-order chi connectivity index (χ1) is 10.2. The van der Waals surface area contributed by atoms with Crippen molar-refractivity contribution >= 4 is 43.2 Å². The van der Waals surface area contributed by atoms with Gasteiger partial charge < -0.3 is 4.74 Å². The van der Waals surface area contributed by atoms with Gasteiger partial charge in [0.15, 0.2) is 0 Å². The third-order valence-corrected chi connectivity index (χ3v) is 3.55. The fourth-order valence-electron chi connectivity index (χ4n) is 2.56. The minimum atomic E-state index is -0.106. The Morgan fingerprint density at radius 1 is 1.29 bits per heavy atom. The van der Waals surface area contributed by atoms with Crippen molar-refractivity contribution in [3.63, 3.8) is 0 Å². The molecule has 0 bridgehead atoms. The van der Waals surface area contributed by atoms with Crippen LogP contribution in [0.3, 0.4) is 0 Å². The molecule has 0 aliphatic carbocycles. The zero-order chi connectivity index (χ0) is 16.3. The van der Waals surface area contributed by atoms with Crippen LogP contribution < -0.4 is 0 Å². The van der Waals surface area contributed by atoms with E-state index in [0.29, 0.717) is 0 Å². The van der Waals surface area contributed by atoms with E-state index in [1.54, 1.807) is 0 Å². The number of benzene rings is 1. The average Bonchev–Trinajstić information content (AvgIpc) is 3.07. The normalized spacial score (nSPS) is 18.7. The highest BCUT2D eigenvalue weighted by atomic mass is 128. The summed E-state index contributed by atoms with van der Waals surface area (Å²) in [6.45, 7) is 7.12. The summed E-state index contributed by atoms with van der Waals surface area (Å²) in [6, 6.07) is 10.5. The Morgan fingerprint density at radius 3 is 2.38 bits per heavy atom. The summed E-state index contributed by atoms with van der Waals surface area (Å²) in [4.78, 5) is 13.9. The lowest BCUT2D eigenvalue weighted by molar-refractivity contribution is -0.146. The number of likely N-dealkylation sites (tertiary alicyclic amines) is 1. The van der Waals surface area contributed by atoms with Crippen LogP contribution in [0.25, 0.3) is 0 Å². The lowest BCUT2D eigenvalue weighted by Gasteiger charge is -2.29. The number of methoxy groups -OCH3 is 1. The van der Waals surface area contributed by atoms with Gasteiger partial charge in [0.25, 0.3) is 0 Å². The van der Waals surface area contributed by atoms with E-state index < -0.39 is 0 Å². The minimum Gasteiger partial charge on any atom is -0.468 e. The third kappa shape index (κ3) is 6.40. The molecular formula is C16H25I2NO2. The summed E-state index contributed by atoms with van der Waals surface area (Å²) in [5.74, 6) is -0.106. The molecule has 0 spiro atoms. The van der Waals surface area contributed by atoms with E-state index in [4.69, 9.17) is 4.74 Å². The van der Waals surface area contributed by atoms with Crippen molar-refractivity contribution in [2.24, 2.45) is 0 Å². The first-order valence-corrected chi connectivity index (χ1v) is 13.6. The molecule has 21 heavy (non-hydrogen) atoms. The highest BCUT2D eigenvalue weighted by Gasteiger charge is 2.34. The topological polar surface area (TPSA) is 29.5 Å². The van der Waals surface area contributed by atoms with E-state index in [9.17, 15) is 4.79 Å². The zero-order valence-corrected chi connectivity index (χ0v) is 17.5. The molecule has 1 heterocycles. The first-order valence-electron chi connectivity index (χ1n) is 7.27. The maximum Gasteiger partial charge on any atom is 0.323 e. The Kier molecular flexibility index (Phi) is 12.7. The highest BCUT2D eigenvalue weighted by Crippen LogP contribution is 2.29. The largest absolute Gasteiger partial charge is 0.468 e. The Hall–Kier alpha value is 0.110. The second-order valence-corrected chi connectivity index (χ2v) is 4.51. The molecule has 120 valence electrons. The van der Waals surface area contributed by atoms with E-state index in [0.717, 1.165) is 19.4 Å². The van der Waals surface area contributed by atoms with Crippen LogP contribution in [0.2, 0.25) is 0 Å². The van der Waals surface area contributed by atoms with Crippen LogP contribution in [0.15, 0.2) is 30.3 Å². The van der Waals surface area contributed by atoms with Gasteiger partial charge in [-0.3, -0.25) is 9.69 Å². The molecule has 1 fully saturated rings. The Labute approximate surface area is 152 Å². The van der Waals surface area contributed by atoms with E-state index in [1.165, 1.54) is 12.7 Å². The quantitative estimate of drug-likeness (QED) is 0.409. The molecular weight excluding hydrogens is 492 g/mol. The van der Waals surface area contributed by atoms with Gasteiger partial charge in [0.05, 0.1) is 7.11 Å². The van der Waals surface area contributed by atoms with Crippen molar-refractivity contribution in [3.8, 4) is 0 Å². The summed E-state index contributed by atoms with van der Waals surface area (Å²) in [7, 11) is 1.46. The molecule has 2 rings (SSSR count). The molecule has 5 heteroatoms. The van der Waals surface area contributed by atoms with Gasteiger partial charge in [0.2, 0.25) is 0 Å². The predicted molar refractivity (Wildman–Crippen MR) is 106 cm³/mol. The van der Waals surface area contributed by atoms with Crippen molar-refractivity contribution in [3.05, 3.63) is 35.9 Å². The van der Waals surface area contributed by atoms with E-state index >= 15 is 0 Å². The number of rotatable bonds is 3. The monoisotopic (exact) mass is 517 g/mol. The summed E-state index contributed by atoms with van der Waals surface area (Å²) in [5.41, 5.74) is 1.25. The average molecular weight is 517 g/mol. The molecule has 1 saturated heterocycles. The summed E-state index contributed by atoms with van der Waals surface area (Å²) in [5, 5.41) is 0. The maximum absolute atomic E-state index is 11.7. The van der Waals surface area contributed by atoms with Crippen LogP contribution in [0, 0.1) is 0 Å². The Morgan fingerprint density at radius 2 is 1.86 bits per heavy atom. The number of esters is 1. The SMILES string of the molecule is CC.COC(=O)C1CCCN1C(C)c1ccccc1.II. The molecule has 0 aromatic heterocycles. The van der Waals surface area contributed by atoms with Crippen molar-refractivity contribution in [1.29, 1.82) is 0 Å². The molecule has 1 aliphatic heterocycles. The molecule has 2 atom stereocenters. The van der Waals surface area contributed by atoms with Gasteiger partial charge in [-0.05, 0) is 31.9 Å². The standard InChI is InChI=1S/C14H19NO2.C2H6.I2/c1-11(12-7-4-3-5-8-12)15-10-6-9-13(15)14(16)17-2;2*1-2/h3-5,7-8,11,13H,6,9-10H2,1-2H3;1-2H3;. The lowest BCUT2D eigenvalue weighted by Crippen LogP contribution is -2.38. The van der Waals surface area contributed by atoms with Crippen LogP contribution in [0.4, 0.5) is 0 Å². The van der Waals surface area contributed by atoms with E-state index in [2.05, 4.69) is 61.2 Å². The zero-order valence-electron chi connectivity index (χ0n) is 13.2. The third-order valence-electron chi connectivity index (χ3n) is 3.55. The highest BCUT2D eigenvalue weighted by molar-refractivity contribution is 15.0. The van der Waals surface area contributed by atoms with Crippen molar-refractivity contribution in [2.45, 2.75) is 45.7 Å². The van der Waals surface area contributed by atoms with Gasteiger partial charge in [0.1, 0.15) is 6.04 Å². The number of ether oxygens (including phenoxy) is 1. The first kappa shape index (κ1) is 21.1. The second-order valence-electron chi connectivity index (χ2n) is 4.51.